The second-order valence-electron chi connectivity index (χ2n) is 4.86. The molecule has 0 atom stereocenters. The Morgan fingerprint density at radius 1 is 1.33 bits per heavy atom. The van der Waals surface area contributed by atoms with E-state index < -0.39 is 0 Å². The molecule has 94 valence electrons. The van der Waals surface area contributed by atoms with Gasteiger partial charge in [0, 0.05) is 18.4 Å². The molecule has 0 fully saturated rings. The second-order valence-corrected chi connectivity index (χ2v) is 4.86. The molecule has 0 saturated heterocycles. The Morgan fingerprint density at radius 2 is 2.28 bits per heavy atom. The standard InChI is InChI=1S/C14H18N4/c1-11-9-16-18(10-11)8-7-15-14-6-5-12-3-2-4-13(12)17-14/h5-6,9-10H,2-4,7-8H2,1H3,(H,15,17). The molecule has 2 heterocycles. The van der Waals surface area contributed by atoms with Gasteiger partial charge in [-0.05, 0) is 43.4 Å². The summed E-state index contributed by atoms with van der Waals surface area (Å²) in [6.07, 6.45) is 7.50. The van der Waals surface area contributed by atoms with Gasteiger partial charge in [-0.3, -0.25) is 4.68 Å². The molecule has 1 aliphatic carbocycles. The van der Waals surface area contributed by atoms with Crippen molar-refractivity contribution in [1.29, 1.82) is 0 Å². The van der Waals surface area contributed by atoms with E-state index in [1.54, 1.807) is 0 Å². The molecule has 0 unspecified atom stereocenters. The molecule has 0 bridgehead atoms. The molecule has 1 N–H and O–H groups in total. The fourth-order valence-corrected chi connectivity index (χ4v) is 2.41. The van der Waals surface area contributed by atoms with Crippen molar-refractivity contribution < 1.29 is 0 Å². The van der Waals surface area contributed by atoms with Gasteiger partial charge in [-0.15, -0.1) is 0 Å². The van der Waals surface area contributed by atoms with Crippen LogP contribution in [0.4, 0.5) is 5.82 Å². The van der Waals surface area contributed by atoms with Crippen LogP contribution in [-0.2, 0) is 19.4 Å². The Kier molecular flexibility index (Phi) is 3.00. The Morgan fingerprint density at radius 3 is 3.11 bits per heavy atom. The molecule has 3 rings (SSSR count). The largest absolute Gasteiger partial charge is 0.368 e. The third-order valence-electron chi connectivity index (χ3n) is 3.34. The van der Waals surface area contributed by atoms with E-state index in [0.717, 1.165) is 25.3 Å². The molecule has 2 aromatic rings. The van der Waals surface area contributed by atoms with E-state index in [1.165, 1.54) is 29.7 Å². The number of aromatic nitrogens is 3. The van der Waals surface area contributed by atoms with Crippen LogP contribution in [0.1, 0.15) is 23.2 Å². The summed E-state index contributed by atoms with van der Waals surface area (Å²) in [5, 5.41) is 7.62. The molecule has 0 aliphatic heterocycles. The summed E-state index contributed by atoms with van der Waals surface area (Å²) < 4.78 is 1.95. The van der Waals surface area contributed by atoms with Gasteiger partial charge in [-0.2, -0.15) is 5.10 Å². The lowest BCUT2D eigenvalue weighted by Gasteiger charge is -2.07. The summed E-state index contributed by atoms with van der Waals surface area (Å²) in [4.78, 5) is 4.65. The van der Waals surface area contributed by atoms with Crippen molar-refractivity contribution in [1.82, 2.24) is 14.8 Å². The van der Waals surface area contributed by atoms with E-state index in [9.17, 15) is 0 Å². The van der Waals surface area contributed by atoms with E-state index in [-0.39, 0.29) is 0 Å². The minimum Gasteiger partial charge on any atom is -0.368 e. The fraction of sp³-hybridized carbons (Fsp3) is 0.429. The van der Waals surface area contributed by atoms with Crippen LogP contribution in [0.2, 0.25) is 0 Å². The van der Waals surface area contributed by atoms with Gasteiger partial charge in [0.2, 0.25) is 0 Å². The van der Waals surface area contributed by atoms with Gasteiger partial charge in [0.1, 0.15) is 5.82 Å². The van der Waals surface area contributed by atoms with Crippen LogP contribution < -0.4 is 5.32 Å². The van der Waals surface area contributed by atoms with Crippen molar-refractivity contribution in [3.05, 3.63) is 41.3 Å². The van der Waals surface area contributed by atoms with Crippen LogP contribution in [-0.4, -0.2) is 21.3 Å². The average molecular weight is 242 g/mol. The smallest absolute Gasteiger partial charge is 0.126 e. The number of hydrogen-bond donors (Lipinski definition) is 1. The van der Waals surface area contributed by atoms with Gasteiger partial charge >= 0.3 is 0 Å². The monoisotopic (exact) mass is 242 g/mol. The van der Waals surface area contributed by atoms with E-state index in [1.807, 2.05) is 10.9 Å². The highest BCUT2D eigenvalue weighted by molar-refractivity contribution is 5.40. The lowest BCUT2D eigenvalue weighted by molar-refractivity contribution is 0.636. The first-order valence-corrected chi connectivity index (χ1v) is 6.53. The lowest BCUT2D eigenvalue weighted by atomic mass is 10.2. The summed E-state index contributed by atoms with van der Waals surface area (Å²) >= 11 is 0. The van der Waals surface area contributed by atoms with Crippen LogP contribution >= 0.6 is 0 Å². The van der Waals surface area contributed by atoms with E-state index in [2.05, 4.69) is 40.7 Å². The van der Waals surface area contributed by atoms with E-state index >= 15 is 0 Å². The molecule has 0 saturated carbocycles. The van der Waals surface area contributed by atoms with Gasteiger partial charge in [0.05, 0.1) is 12.7 Å². The predicted octanol–water partition coefficient (Wildman–Crippen LogP) is 2.19. The maximum Gasteiger partial charge on any atom is 0.126 e. The molecule has 0 aromatic carbocycles. The van der Waals surface area contributed by atoms with Gasteiger partial charge in [-0.1, -0.05) is 6.07 Å². The molecule has 0 amide bonds. The highest BCUT2D eigenvalue weighted by Gasteiger charge is 2.11. The molecule has 18 heavy (non-hydrogen) atoms. The highest BCUT2D eigenvalue weighted by Crippen LogP contribution is 2.21. The number of fused-ring (bicyclic) bond motifs is 1. The molecule has 0 radical (unpaired) electrons. The average Bonchev–Trinajstić information content (AvgIpc) is 2.97. The Balaban J connectivity index is 1.57. The quantitative estimate of drug-likeness (QED) is 0.893. The fourth-order valence-electron chi connectivity index (χ4n) is 2.41. The lowest BCUT2D eigenvalue weighted by Crippen LogP contribution is -2.12. The molecule has 4 nitrogen and oxygen atoms in total. The van der Waals surface area contributed by atoms with Crippen LogP contribution in [0, 0.1) is 6.92 Å². The molecule has 4 heteroatoms. The van der Waals surface area contributed by atoms with E-state index in [0.29, 0.717) is 0 Å². The first-order chi connectivity index (χ1) is 8.81. The number of nitrogens with one attached hydrogen (secondary N) is 1. The Hall–Kier alpha value is -1.84. The number of pyridine rings is 1. The molecule has 0 spiro atoms. The maximum absolute atomic E-state index is 4.65. The van der Waals surface area contributed by atoms with Crippen molar-refractivity contribution >= 4 is 5.82 Å². The van der Waals surface area contributed by atoms with Gasteiger partial charge in [-0.25, -0.2) is 4.98 Å². The second kappa shape index (κ2) is 4.80. The highest BCUT2D eigenvalue weighted by atomic mass is 15.3. The SMILES string of the molecule is Cc1cnn(CCNc2ccc3c(n2)CCC3)c1. The topological polar surface area (TPSA) is 42.7 Å². The van der Waals surface area contributed by atoms with Crippen LogP contribution in [0.25, 0.3) is 0 Å². The molecule has 1 aliphatic rings. The summed E-state index contributed by atoms with van der Waals surface area (Å²) in [6.45, 7) is 3.78. The minimum absolute atomic E-state index is 0.854. The minimum atomic E-state index is 0.854. The van der Waals surface area contributed by atoms with E-state index in [4.69, 9.17) is 0 Å². The normalized spacial score (nSPS) is 13.6. The van der Waals surface area contributed by atoms with Gasteiger partial charge in [0.25, 0.3) is 0 Å². The summed E-state index contributed by atoms with van der Waals surface area (Å²) in [5.74, 6) is 0.986. The van der Waals surface area contributed by atoms with Crippen LogP contribution in [0.15, 0.2) is 24.5 Å². The van der Waals surface area contributed by atoms with Crippen LogP contribution in [0.5, 0.6) is 0 Å². The van der Waals surface area contributed by atoms with Crippen molar-refractivity contribution in [2.75, 3.05) is 11.9 Å². The van der Waals surface area contributed by atoms with Crippen molar-refractivity contribution in [3.63, 3.8) is 0 Å². The first-order valence-electron chi connectivity index (χ1n) is 6.53. The zero-order valence-corrected chi connectivity index (χ0v) is 10.7. The number of hydrogen-bond acceptors (Lipinski definition) is 3. The summed E-state index contributed by atoms with van der Waals surface area (Å²) in [5.41, 5.74) is 3.89. The maximum atomic E-state index is 4.65. The third kappa shape index (κ3) is 2.37. The Bertz CT molecular complexity index is 544. The van der Waals surface area contributed by atoms with Crippen molar-refractivity contribution in [3.8, 4) is 0 Å². The number of rotatable bonds is 4. The predicted molar refractivity (Wildman–Crippen MR) is 71.7 cm³/mol. The number of anilines is 1. The number of nitrogens with zero attached hydrogens (tertiary/aromatic N) is 3. The molecular formula is C14H18N4. The number of aryl methyl sites for hydroxylation is 3. The van der Waals surface area contributed by atoms with Crippen molar-refractivity contribution in [2.45, 2.75) is 32.7 Å². The van der Waals surface area contributed by atoms with Crippen LogP contribution in [0.3, 0.4) is 0 Å². The molecule has 2 aromatic heterocycles. The van der Waals surface area contributed by atoms with Crippen molar-refractivity contribution in [2.24, 2.45) is 0 Å². The Labute approximate surface area is 107 Å². The third-order valence-corrected chi connectivity index (χ3v) is 3.34. The van der Waals surface area contributed by atoms with Gasteiger partial charge < -0.3 is 5.32 Å². The van der Waals surface area contributed by atoms with Gasteiger partial charge in [0.15, 0.2) is 0 Å². The summed E-state index contributed by atoms with van der Waals surface area (Å²) in [7, 11) is 0. The molecular weight excluding hydrogens is 224 g/mol. The first kappa shape index (κ1) is 11.3. The zero-order valence-electron chi connectivity index (χ0n) is 10.7. The summed E-state index contributed by atoms with van der Waals surface area (Å²) in [6, 6.07) is 4.29. The zero-order chi connectivity index (χ0) is 12.4.